The highest BCUT2D eigenvalue weighted by molar-refractivity contribution is 5.29. The number of benzene rings is 1. The third-order valence-electron chi connectivity index (χ3n) is 3.16. The van der Waals surface area contributed by atoms with E-state index in [0.29, 0.717) is 5.69 Å². The maximum Gasteiger partial charge on any atom is 0.368 e. The quantitative estimate of drug-likeness (QED) is 0.713. The van der Waals surface area contributed by atoms with Crippen molar-refractivity contribution < 1.29 is 4.39 Å². The van der Waals surface area contributed by atoms with Crippen molar-refractivity contribution in [1.29, 1.82) is 0 Å². The Labute approximate surface area is 119 Å². The Balaban J connectivity index is 1.93. The molecule has 3 rings (SSSR count). The topological polar surface area (TPSA) is 70.5 Å². The Bertz CT molecular complexity index is 801. The number of aromatic nitrogens is 6. The summed E-state index contributed by atoms with van der Waals surface area (Å²) in [4.78, 5) is 16.3. The van der Waals surface area contributed by atoms with Crippen LogP contribution in [-0.2, 0) is 13.1 Å². The number of tetrazole rings is 1. The molecule has 0 fully saturated rings. The van der Waals surface area contributed by atoms with Gasteiger partial charge in [-0.3, -0.25) is 0 Å². The standard InChI is InChI=1S/C13H13FN6O/c1-2-18-9-15-7-12(18)8-19-13(21)20(17-16-19)11-5-3-10(14)4-6-11/h3-7,9H,2,8H2,1H3. The third kappa shape index (κ3) is 2.47. The number of imidazole rings is 1. The Morgan fingerprint density at radius 2 is 1.95 bits per heavy atom. The van der Waals surface area contributed by atoms with E-state index in [-0.39, 0.29) is 18.1 Å². The first-order valence-corrected chi connectivity index (χ1v) is 6.47. The second kappa shape index (κ2) is 5.31. The molecule has 0 amide bonds. The van der Waals surface area contributed by atoms with Gasteiger partial charge in [0.15, 0.2) is 0 Å². The van der Waals surface area contributed by atoms with E-state index in [0.717, 1.165) is 16.9 Å². The summed E-state index contributed by atoms with van der Waals surface area (Å²) in [6, 6.07) is 5.50. The van der Waals surface area contributed by atoms with Crippen LogP contribution >= 0.6 is 0 Å². The van der Waals surface area contributed by atoms with Crippen LogP contribution < -0.4 is 5.69 Å². The van der Waals surface area contributed by atoms with Gasteiger partial charge in [-0.05, 0) is 41.6 Å². The van der Waals surface area contributed by atoms with Crippen LogP contribution in [0.3, 0.4) is 0 Å². The van der Waals surface area contributed by atoms with Crippen LogP contribution in [0, 0.1) is 5.82 Å². The predicted molar refractivity (Wildman–Crippen MR) is 72.6 cm³/mol. The molecule has 7 nitrogen and oxygen atoms in total. The minimum absolute atomic E-state index is 0.286. The molecule has 0 N–H and O–H groups in total. The van der Waals surface area contributed by atoms with Crippen LogP contribution in [0.1, 0.15) is 12.6 Å². The van der Waals surface area contributed by atoms with E-state index in [1.807, 2.05) is 11.5 Å². The first-order valence-electron chi connectivity index (χ1n) is 6.47. The molecule has 0 aliphatic heterocycles. The SMILES string of the molecule is CCn1cncc1Cn1nnn(-c2ccc(F)cc2)c1=O. The van der Waals surface area contributed by atoms with Crippen molar-refractivity contribution in [2.24, 2.45) is 0 Å². The number of halogens is 1. The van der Waals surface area contributed by atoms with E-state index in [2.05, 4.69) is 15.4 Å². The minimum atomic E-state index is -0.384. The zero-order valence-corrected chi connectivity index (χ0v) is 11.3. The Kier molecular flexibility index (Phi) is 3.35. The van der Waals surface area contributed by atoms with Gasteiger partial charge in [-0.15, -0.1) is 0 Å². The zero-order chi connectivity index (χ0) is 14.8. The van der Waals surface area contributed by atoms with Crippen molar-refractivity contribution in [1.82, 2.24) is 29.3 Å². The van der Waals surface area contributed by atoms with Gasteiger partial charge in [0.2, 0.25) is 0 Å². The van der Waals surface area contributed by atoms with E-state index >= 15 is 0 Å². The maximum absolute atomic E-state index is 12.9. The van der Waals surface area contributed by atoms with Gasteiger partial charge in [0, 0.05) is 6.54 Å². The number of rotatable bonds is 4. The van der Waals surface area contributed by atoms with Crippen LogP contribution in [0.15, 0.2) is 41.6 Å². The van der Waals surface area contributed by atoms with Gasteiger partial charge in [-0.1, -0.05) is 0 Å². The van der Waals surface area contributed by atoms with Crippen molar-refractivity contribution in [2.75, 3.05) is 0 Å². The predicted octanol–water partition coefficient (Wildman–Crippen LogP) is 0.833. The van der Waals surface area contributed by atoms with E-state index in [1.54, 1.807) is 12.5 Å². The molecular weight excluding hydrogens is 275 g/mol. The molecule has 0 bridgehead atoms. The molecule has 0 saturated heterocycles. The molecule has 8 heteroatoms. The summed E-state index contributed by atoms with van der Waals surface area (Å²) in [6.45, 7) is 3.04. The molecule has 0 radical (unpaired) electrons. The second-order valence-electron chi connectivity index (χ2n) is 4.48. The van der Waals surface area contributed by atoms with Crippen LogP contribution in [0.5, 0.6) is 0 Å². The van der Waals surface area contributed by atoms with Gasteiger partial charge in [-0.2, -0.15) is 9.36 Å². The lowest BCUT2D eigenvalue weighted by Crippen LogP contribution is -2.25. The van der Waals surface area contributed by atoms with Crippen molar-refractivity contribution in [3.05, 3.63) is 58.8 Å². The highest BCUT2D eigenvalue weighted by Gasteiger charge is 2.11. The molecule has 0 atom stereocenters. The van der Waals surface area contributed by atoms with Crippen molar-refractivity contribution in [3.8, 4) is 5.69 Å². The fourth-order valence-electron chi connectivity index (χ4n) is 2.04. The number of aryl methyl sites for hydroxylation is 1. The van der Waals surface area contributed by atoms with Crippen molar-refractivity contribution in [2.45, 2.75) is 20.0 Å². The molecule has 3 aromatic rings. The monoisotopic (exact) mass is 288 g/mol. The van der Waals surface area contributed by atoms with Gasteiger partial charge in [0.1, 0.15) is 5.82 Å². The number of hydrogen-bond donors (Lipinski definition) is 0. The number of nitrogens with zero attached hydrogens (tertiary/aromatic N) is 6. The maximum atomic E-state index is 12.9. The smallest absolute Gasteiger partial charge is 0.333 e. The molecule has 0 aliphatic rings. The summed E-state index contributed by atoms with van der Waals surface area (Å²) >= 11 is 0. The fraction of sp³-hybridized carbons (Fsp3) is 0.231. The Morgan fingerprint density at radius 1 is 1.19 bits per heavy atom. The first-order chi connectivity index (χ1) is 10.2. The van der Waals surface area contributed by atoms with Crippen LogP contribution in [0.25, 0.3) is 5.69 Å². The summed E-state index contributed by atoms with van der Waals surface area (Å²) in [5, 5.41) is 7.66. The lowest BCUT2D eigenvalue weighted by atomic mass is 10.3. The summed E-state index contributed by atoms with van der Waals surface area (Å²) in [5.74, 6) is -0.369. The molecule has 2 heterocycles. The van der Waals surface area contributed by atoms with Gasteiger partial charge >= 0.3 is 5.69 Å². The highest BCUT2D eigenvalue weighted by Crippen LogP contribution is 2.05. The molecule has 21 heavy (non-hydrogen) atoms. The minimum Gasteiger partial charge on any atom is -0.333 e. The average Bonchev–Trinajstić information content (AvgIpc) is 3.08. The Morgan fingerprint density at radius 3 is 2.67 bits per heavy atom. The molecule has 0 spiro atoms. The largest absolute Gasteiger partial charge is 0.368 e. The zero-order valence-electron chi connectivity index (χ0n) is 11.3. The number of hydrogen-bond acceptors (Lipinski definition) is 4. The van der Waals surface area contributed by atoms with E-state index in [4.69, 9.17) is 0 Å². The average molecular weight is 288 g/mol. The molecule has 0 saturated carbocycles. The lowest BCUT2D eigenvalue weighted by molar-refractivity contribution is 0.589. The molecule has 2 aromatic heterocycles. The van der Waals surface area contributed by atoms with E-state index in [9.17, 15) is 9.18 Å². The summed E-state index contributed by atoms with van der Waals surface area (Å²) in [7, 11) is 0. The third-order valence-corrected chi connectivity index (χ3v) is 3.16. The van der Waals surface area contributed by atoms with Crippen molar-refractivity contribution in [3.63, 3.8) is 0 Å². The van der Waals surface area contributed by atoms with E-state index in [1.165, 1.54) is 28.9 Å². The van der Waals surface area contributed by atoms with Gasteiger partial charge < -0.3 is 4.57 Å². The second-order valence-corrected chi connectivity index (χ2v) is 4.48. The Hall–Kier alpha value is -2.77. The molecule has 0 unspecified atom stereocenters. The summed E-state index contributed by atoms with van der Waals surface area (Å²) < 4.78 is 17.2. The molecular formula is C13H13FN6O. The summed E-state index contributed by atoms with van der Waals surface area (Å²) in [5.41, 5.74) is 0.952. The van der Waals surface area contributed by atoms with Gasteiger partial charge in [0.25, 0.3) is 0 Å². The molecule has 108 valence electrons. The van der Waals surface area contributed by atoms with E-state index < -0.39 is 0 Å². The highest BCUT2D eigenvalue weighted by atomic mass is 19.1. The van der Waals surface area contributed by atoms with Crippen LogP contribution in [0.4, 0.5) is 4.39 Å². The van der Waals surface area contributed by atoms with Crippen LogP contribution in [-0.4, -0.2) is 29.3 Å². The van der Waals surface area contributed by atoms with Crippen LogP contribution in [0.2, 0.25) is 0 Å². The first kappa shape index (κ1) is 13.2. The molecule has 0 aliphatic carbocycles. The van der Waals surface area contributed by atoms with Gasteiger partial charge in [0.05, 0.1) is 30.5 Å². The van der Waals surface area contributed by atoms with Gasteiger partial charge in [-0.25, -0.2) is 14.2 Å². The fourth-order valence-corrected chi connectivity index (χ4v) is 2.04. The lowest BCUT2D eigenvalue weighted by Gasteiger charge is -2.03. The summed E-state index contributed by atoms with van der Waals surface area (Å²) in [6.07, 6.45) is 3.39. The molecule has 1 aromatic carbocycles. The normalized spacial score (nSPS) is 11.0. The van der Waals surface area contributed by atoms with Crippen molar-refractivity contribution >= 4 is 0 Å².